The lowest BCUT2D eigenvalue weighted by Gasteiger charge is -2.14. The van der Waals surface area contributed by atoms with E-state index in [1.54, 1.807) is 12.1 Å². The second-order valence-corrected chi connectivity index (χ2v) is 5.42. The van der Waals surface area contributed by atoms with E-state index >= 15 is 0 Å². The number of benzene rings is 1. The van der Waals surface area contributed by atoms with Crippen molar-refractivity contribution in [2.75, 3.05) is 6.61 Å². The van der Waals surface area contributed by atoms with Gasteiger partial charge in [-0.05, 0) is 31.0 Å². The van der Waals surface area contributed by atoms with Gasteiger partial charge in [-0.3, -0.25) is 0 Å². The normalized spacial score (nSPS) is 12.6. The summed E-state index contributed by atoms with van der Waals surface area (Å²) in [6.45, 7) is 2.90. The average Bonchev–Trinajstić information content (AvgIpc) is 2.49. The smallest absolute Gasteiger partial charge is 0.422 e. The van der Waals surface area contributed by atoms with Crippen molar-refractivity contribution < 1.29 is 22.7 Å². The Labute approximate surface area is 134 Å². The number of halogens is 3. The molecule has 4 nitrogen and oxygen atoms in total. The molecule has 0 aliphatic carbocycles. The Balaban J connectivity index is 2.41. The van der Waals surface area contributed by atoms with Crippen molar-refractivity contribution in [1.29, 1.82) is 0 Å². The van der Waals surface area contributed by atoms with E-state index in [-0.39, 0.29) is 24.4 Å². The molecule has 0 heterocycles. The van der Waals surface area contributed by atoms with Gasteiger partial charge >= 0.3 is 12.2 Å². The quantitative estimate of drug-likeness (QED) is 0.756. The van der Waals surface area contributed by atoms with E-state index in [4.69, 9.17) is 0 Å². The summed E-state index contributed by atoms with van der Waals surface area (Å²) in [4.78, 5) is 11.7. The first kappa shape index (κ1) is 19.1. The molecule has 0 saturated heterocycles. The fourth-order valence-electron chi connectivity index (χ4n) is 1.95. The molecule has 2 N–H and O–H groups in total. The minimum Gasteiger partial charge on any atom is -0.484 e. The highest BCUT2D eigenvalue weighted by atomic mass is 19.4. The summed E-state index contributed by atoms with van der Waals surface area (Å²) < 4.78 is 41.0. The number of unbranched alkanes of at least 4 members (excludes halogenated alkanes) is 1. The molecule has 1 atom stereocenters. The van der Waals surface area contributed by atoms with Crippen LogP contribution < -0.4 is 15.4 Å². The van der Waals surface area contributed by atoms with Crippen LogP contribution in [-0.4, -0.2) is 24.9 Å². The first-order chi connectivity index (χ1) is 10.8. The molecular formula is C16H23F3N2O2. The van der Waals surface area contributed by atoms with E-state index in [0.717, 1.165) is 19.3 Å². The molecule has 130 valence electrons. The SMILES string of the molecule is CCCCC(C)NC(=O)NCc1cccc(OCC(F)(F)F)c1. The molecule has 0 bridgehead atoms. The molecular weight excluding hydrogens is 309 g/mol. The second kappa shape index (κ2) is 9.27. The van der Waals surface area contributed by atoms with Gasteiger partial charge in [-0.1, -0.05) is 31.9 Å². The topological polar surface area (TPSA) is 50.4 Å². The van der Waals surface area contributed by atoms with Crippen molar-refractivity contribution in [2.45, 2.75) is 51.9 Å². The van der Waals surface area contributed by atoms with Crippen LogP contribution in [0.15, 0.2) is 24.3 Å². The molecule has 2 amide bonds. The van der Waals surface area contributed by atoms with Crippen molar-refractivity contribution >= 4 is 6.03 Å². The Bertz CT molecular complexity index is 492. The van der Waals surface area contributed by atoms with Crippen LogP contribution in [0.4, 0.5) is 18.0 Å². The maximum atomic E-state index is 12.1. The molecule has 0 saturated carbocycles. The third-order valence-electron chi connectivity index (χ3n) is 3.12. The zero-order valence-corrected chi connectivity index (χ0v) is 13.4. The largest absolute Gasteiger partial charge is 0.484 e. The Kier molecular flexibility index (Phi) is 7.71. The number of carbonyl (C=O) groups is 1. The van der Waals surface area contributed by atoms with Crippen LogP contribution in [0.3, 0.4) is 0 Å². The average molecular weight is 332 g/mol. The maximum Gasteiger partial charge on any atom is 0.422 e. The van der Waals surface area contributed by atoms with Crippen LogP contribution in [0.25, 0.3) is 0 Å². The third kappa shape index (κ3) is 8.95. The molecule has 1 unspecified atom stereocenters. The van der Waals surface area contributed by atoms with Gasteiger partial charge in [-0.25, -0.2) is 4.79 Å². The Morgan fingerprint density at radius 3 is 2.74 bits per heavy atom. The molecule has 0 aliphatic heterocycles. The van der Waals surface area contributed by atoms with E-state index in [0.29, 0.717) is 5.56 Å². The number of hydrogen-bond donors (Lipinski definition) is 2. The van der Waals surface area contributed by atoms with Crippen LogP contribution >= 0.6 is 0 Å². The molecule has 23 heavy (non-hydrogen) atoms. The Hall–Kier alpha value is -1.92. The van der Waals surface area contributed by atoms with Gasteiger partial charge in [0, 0.05) is 12.6 Å². The summed E-state index contributed by atoms with van der Waals surface area (Å²) in [6, 6.07) is 6.01. The van der Waals surface area contributed by atoms with Crippen molar-refractivity contribution in [1.82, 2.24) is 10.6 Å². The van der Waals surface area contributed by atoms with Gasteiger partial charge in [0.25, 0.3) is 0 Å². The molecule has 0 spiro atoms. The third-order valence-corrected chi connectivity index (χ3v) is 3.12. The van der Waals surface area contributed by atoms with E-state index in [1.165, 1.54) is 12.1 Å². The van der Waals surface area contributed by atoms with Gasteiger partial charge in [-0.15, -0.1) is 0 Å². The highest BCUT2D eigenvalue weighted by Crippen LogP contribution is 2.19. The van der Waals surface area contributed by atoms with Gasteiger partial charge in [0.2, 0.25) is 0 Å². The highest BCUT2D eigenvalue weighted by molar-refractivity contribution is 5.74. The highest BCUT2D eigenvalue weighted by Gasteiger charge is 2.28. The summed E-state index contributed by atoms with van der Waals surface area (Å²) in [5, 5.41) is 5.49. The van der Waals surface area contributed by atoms with Crippen LogP contribution in [0.5, 0.6) is 5.75 Å². The molecule has 7 heteroatoms. The lowest BCUT2D eigenvalue weighted by Crippen LogP contribution is -2.40. The molecule has 1 aromatic rings. The van der Waals surface area contributed by atoms with E-state index in [2.05, 4.69) is 22.3 Å². The number of alkyl halides is 3. The van der Waals surface area contributed by atoms with Crippen LogP contribution in [0, 0.1) is 0 Å². The van der Waals surface area contributed by atoms with Crippen molar-refractivity contribution in [3.05, 3.63) is 29.8 Å². The predicted octanol–water partition coefficient (Wildman–Crippen LogP) is 4.01. The Morgan fingerprint density at radius 1 is 1.35 bits per heavy atom. The van der Waals surface area contributed by atoms with Crippen LogP contribution in [-0.2, 0) is 6.54 Å². The molecule has 0 aliphatic rings. The minimum atomic E-state index is -4.37. The number of hydrogen-bond acceptors (Lipinski definition) is 2. The van der Waals surface area contributed by atoms with E-state index in [1.807, 2.05) is 6.92 Å². The van der Waals surface area contributed by atoms with Gasteiger partial charge in [0.1, 0.15) is 5.75 Å². The lowest BCUT2D eigenvalue weighted by atomic mass is 10.1. The number of nitrogens with one attached hydrogen (secondary N) is 2. The van der Waals surface area contributed by atoms with Gasteiger partial charge in [0.15, 0.2) is 6.61 Å². The molecule has 0 fully saturated rings. The van der Waals surface area contributed by atoms with Crippen molar-refractivity contribution in [2.24, 2.45) is 0 Å². The summed E-state index contributed by atoms with van der Waals surface area (Å²) in [5.41, 5.74) is 0.668. The summed E-state index contributed by atoms with van der Waals surface area (Å²) in [7, 11) is 0. The molecule has 1 aromatic carbocycles. The Morgan fingerprint density at radius 2 is 2.09 bits per heavy atom. The number of carbonyl (C=O) groups excluding carboxylic acids is 1. The van der Waals surface area contributed by atoms with Gasteiger partial charge < -0.3 is 15.4 Å². The molecule has 0 aromatic heterocycles. The monoisotopic (exact) mass is 332 g/mol. The van der Waals surface area contributed by atoms with Gasteiger partial charge in [0.05, 0.1) is 0 Å². The molecule has 1 rings (SSSR count). The number of ether oxygens (including phenoxy) is 1. The van der Waals surface area contributed by atoms with Crippen molar-refractivity contribution in [3.8, 4) is 5.75 Å². The fraction of sp³-hybridized carbons (Fsp3) is 0.562. The number of amides is 2. The summed E-state index contributed by atoms with van der Waals surface area (Å²) in [5.74, 6) is 0.123. The predicted molar refractivity (Wildman–Crippen MR) is 82.4 cm³/mol. The first-order valence-electron chi connectivity index (χ1n) is 7.63. The lowest BCUT2D eigenvalue weighted by molar-refractivity contribution is -0.153. The second-order valence-electron chi connectivity index (χ2n) is 5.42. The van der Waals surface area contributed by atoms with E-state index in [9.17, 15) is 18.0 Å². The number of urea groups is 1. The van der Waals surface area contributed by atoms with Crippen molar-refractivity contribution in [3.63, 3.8) is 0 Å². The van der Waals surface area contributed by atoms with Crippen LogP contribution in [0.1, 0.15) is 38.7 Å². The fourth-order valence-corrected chi connectivity index (χ4v) is 1.95. The van der Waals surface area contributed by atoms with Crippen LogP contribution in [0.2, 0.25) is 0 Å². The maximum absolute atomic E-state index is 12.1. The van der Waals surface area contributed by atoms with E-state index < -0.39 is 12.8 Å². The zero-order valence-electron chi connectivity index (χ0n) is 13.4. The summed E-state index contributed by atoms with van der Waals surface area (Å²) >= 11 is 0. The first-order valence-corrected chi connectivity index (χ1v) is 7.63. The molecule has 0 radical (unpaired) electrons. The zero-order chi connectivity index (χ0) is 17.3. The number of rotatable bonds is 8. The minimum absolute atomic E-state index is 0.0800. The van der Waals surface area contributed by atoms with Gasteiger partial charge in [-0.2, -0.15) is 13.2 Å². The summed E-state index contributed by atoms with van der Waals surface area (Å²) in [6.07, 6.45) is -1.36. The standard InChI is InChI=1S/C16H23F3N2O2/c1-3-4-6-12(2)21-15(22)20-10-13-7-5-8-14(9-13)23-11-16(17,18)19/h5,7-9,12H,3-4,6,10-11H2,1-2H3,(H2,20,21,22).